The summed E-state index contributed by atoms with van der Waals surface area (Å²) >= 11 is 6.04. The molecule has 0 saturated heterocycles. The summed E-state index contributed by atoms with van der Waals surface area (Å²) in [6.07, 6.45) is 0.738. The average Bonchev–Trinajstić information content (AvgIpc) is 2.38. The van der Waals surface area contributed by atoms with Gasteiger partial charge in [0.2, 0.25) is 10.0 Å². The van der Waals surface area contributed by atoms with E-state index in [-0.39, 0.29) is 4.90 Å². The molecule has 0 aliphatic heterocycles. The van der Waals surface area contributed by atoms with Crippen molar-refractivity contribution in [2.24, 2.45) is 0 Å². The third-order valence-corrected chi connectivity index (χ3v) is 4.98. The second-order valence-corrected chi connectivity index (χ2v) is 6.90. The van der Waals surface area contributed by atoms with E-state index in [1.807, 2.05) is 6.92 Å². The molecule has 1 rings (SSSR count). The van der Waals surface area contributed by atoms with Crippen LogP contribution in [0.15, 0.2) is 17.0 Å². The van der Waals surface area contributed by atoms with Crippen LogP contribution >= 0.6 is 11.6 Å². The zero-order valence-electron chi connectivity index (χ0n) is 12.2. The largest absolute Gasteiger partial charge is 0.495 e. The molecule has 20 heavy (non-hydrogen) atoms. The number of nitrogens with zero attached hydrogens (tertiary/aromatic N) is 1. The minimum Gasteiger partial charge on any atom is -0.495 e. The van der Waals surface area contributed by atoms with Crippen molar-refractivity contribution in [3.05, 3.63) is 22.7 Å². The van der Waals surface area contributed by atoms with Crippen molar-refractivity contribution >= 4 is 21.6 Å². The summed E-state index contributed by atoms with van der Waals surface area (Å²) in [6, 6.07) is 3.14. The van der Waals surface area contributed by atoms with E-state index in [4.69, 9.17) is 16.3 Å². The zero-order valence-corrected chi connectivity index (χ0v) is 13.8. The number of rotatable bonds is 7. The molecule has 0 spiro atoms. The monoisotopic (exact) mass is 320 g/mol. The van der Waals surface area contributed by atoms with E-state index in [0.717, 1.165) is 6.42 Å². The first-order valence-electron chi connectivity index (χ1n) is 6.35. The van der Waals surface area contributed by atoms with Crippen LogP contribution in [-0.4, -0.2) is 40.5 Å². The molecule has 0 heterocycles. The highest BCUT2D eigenvalue weighted by molar-refractivity contribution is 7.89. The number of sulfonamides is 1. The van der Waals surface area contributed by atoms with Gasteiger partial charge in [-0.15, -0.1) is 0 Å². The van der Waals surface area contributed by atoms with Crippen molar-refractivity contribution < 1.29 is 13.2 Å². The summed E-state index contributed by atoms with van der Waals surface area (Å²) in [5.41, 5.74) is 0.714. The number of hydrogen-bond donors (Lipinski definition) is 1. The minimum atomic E-state index is -3.61. The first-order valence-corrected chi connectivity index (χ1v) is 8.17. The SMILES string of the molecule is CCCN(C)S(=O)(=O)c1cc(Cl)cc(CNC)c1OC. The van der Waals surface area contributed by atoms with Crippen LogP contribution in [0.3, 0.4) is 0 Å². The molecule has 114 valence electrons. The van der Waals surface area contributed by atoms with Crippen molar-refractivity contribution in [2.45, 2.75) is 24.8 Å². The summed E-state index contributed by atoms with van der Waals surface area (Å²) in [5, 5.41) is 3.35. The van der Waals surface area contributed by atoms with Crippen LogP contribution in [0.25, 0.3) is 0 Å². The van der Waals surface area contributed by atoms with Gasteiger partial charge in [0.1, 0.15) is 10.6 Å². The highest BCUT2D eigenvalue weighted by atomic mass is 35.5. The molecule has 5 nitrogen and oxygen atoms in total. The molecular weight excluding hydrogens is 300 g/mol. The lowest BCUT2D eigenvalue weighted by molar-refractivity contribution is 0.392. The van der Waals surface area contributed by atoms with Gasteiger partial charge in [-0.2, -0.15) is 0 Å². The Morgan fingerprint density at radius 2 is 2.05 bits per heavy atom. The zero-order chi connectivity index (χ0) is 15.3. The Balaban J connectivity index is 3.43. The molecule has 1 N–H and O–H groups in total. The first-order chi connectivity index (χ1) is 9.38. The summed E-state index contributed by atoms with van der Waals surface area (Å²) in [6.45, 7) is 2.84. The number of ether oxygens (including phenoxy) is 1. The van der Waals surface area contributed by atoms with E-state index in [1.165, 1.54) is 17.5 Å². The van der Waals surface area contributed by atoms with Gasteiger partial charge in [0.15, 0.2) is 0 Å². The van der Waals surface area contributed by atoms with Crippen LogP contribution < -0.4 is 10.1 Å². The first kappa shape index (κ1) is 17.2. The van der Waals surface area contributed by atoms with Crippen molar-refractivity contribution in [3.8, 4) is 5.75 Å². The van der Waals surface area contributed by atoms with Gasteiger partial charge in [-0.1, -0.05) is 18.5 Å². The van der Waals surface area contributed by atoms with Gasteiger partial charge in [0.05, 0.1) is 7.11 Å². The maximum atomic E-state index is 12.6. The predicted octanol–water partition coefficient (Wildman–Crippen LogP) is 2.10. The van der Waals surface area contributed by atoms with E-state index >= 15 is 0 Å². The van der Waals surface area contributed by atoms with Gasteiger partial charge in [-0.05, 0) is 25.6 Å². The second-order valence-electron chi connectivity index (χ2n) is 4.45. The van der Waals surface area contributed by atoms with Crippen LogP contribution in [0.1, 0.15) is 18.9 Å². The van der Waals surface area contributed by atoms with Crippen molar-refractivity contribution in [2.75, 3.05) is 27.7 Å². The van der Waals surface area contributed by atoms with E-state index in [0.29, 0.717) is 29.4 Å². The average molecular weight is 321 g/mol. The Morgan fingerprint density at radius 3 is 2.55 bits per heavy atom. The molecule has 0 aromatic heterocycles. The molecule has 0 aliphatic rings. The van der Waals surface area contributed by atoms with Crippen LogP contribution in [0.5, 0.6) is 5.75 Å². The fraction of sp³-hybridized carbons (Fsp3) is 0.538. The smallest absolute Gasteiger partial charge is 0.246 e. The predicted molar refractivity (Wildman–Crippen MR) is 80.9 cm³/mol. The Kier molecular flexibility index (Phi) is 6.26. The van der Waals surface area contributed by atoms with E-state index in [1.54, 1.807) is 20.2 Å². The van der Waals surface area contributed by atoms with Crippen LogP contribution in [0.2, 0.25) is 5.02 Å². The lowest BCUT2D eigenvalue weighted by atomic mass is 10.2. The lowest BCUT2D eigenvalue weighted by Gasteiger charge is -2.20. The van der Waals surface area contributed by atoms with Gasteiger partial charge in [0.25, 0.3) is 0 Å². The fourth-order valence-corrected chi connectivity index (χ4v) is 3.76. The molecule has 0 amide bonds. The summed E-state index contributed by atoms with van der Waals surface area (Å²) in [5.74, 6) is 0.340. The van der Waals surface area contributed by atoms with Gasteiger partial charge < -0.3 is 10.1 Å². The van der Waals surface area contributed by atoms with Crippen molar-refractivity contribution in [1.29, 1.82) is 0 Å². The molecule has 1 aromatic rings. The molecule has 0 atom stereocenters. The summed E-state index contributed by atoms with van der Waals surface area (Å²) in [7, 11) is 1.18. The molecule has 7 heteroatoms. The van der Waals surface area contributed by atoms with Crippen LogP contribution in [0, 0.1) is 0 Å². The number of halogens is 1. The summed E-state index contributed by atoms with van der Waals surface area (Å²) < 4.78 is 31.8. The quantitative estimate of drug-likeness (QED) is 0.836. The second kappa shape index (κ2) is 7.26. The number of hydrogen-bond acceptors (Lipinski definition) is 4. The fourth-order valence-electron chi connectivity index (χ4n) is 1.97. The third-order valence-electron chi connectivity index (χ3n) is 2.89. The number of benzene rings is 1. The Morgan fingerprint density at radius 1 is 1.40 bits per heavy atom. The molecule has 0 aliphatic carbocycles. The number of methoxy groups -OCH3 is 1. The molecule has 0 unspecified atom stereocenters. The van der Waals surface area contributed by atoms with Gasteiger partial charge in [-0.25, -0.2) is 12.7 Å². The maximum Gasteiger partial charge on any atom is 0.246 e. The normalized spacial score (nSPS) is 11.9. The van der Waals surface area contributed by atoms with Crippen LogP contribution in [-0.2, 0) is 16.6 Å². The molecule has 1 aromatic carbocycles. The van der Waals surface area contributed by atoms with Gasteiger partial charge in [-0.3, -0.25) is 0 Å². The Bertz CT molecular complexity index is 561. The van der Waals surface area contributed by atoms with Crippen molar-refractivity contribution in [1.82, 2.24) is 9.62 Å². The van der Waals surface area contributed by atoms with Gasteiger partial charge >= 0.3 is 0 Å². The van der Waals surface area contributed by atoms with E-state index < -0.39 is 10.0 Å². The maximum absolute atomic E-state index is 12.6. The lowest BCUT2D eigenvalue weighted by Crippen LogP contribution is -2.28. The third kappa shape index (κ3) is 3.63. The minimum absolute atomic E-state index is 0.105. The number of nitrogens with one attached hydrogen (secondary N) is 1. The summed E-state index contributed by atoms with van der Waals surface area (Å²) in [4.78, 5) is 0.105. The standard InChI is InChI=1S/C13H21ClN2O3S/c1-5-6-16(3)20(17,18)12-8-11(14)7-10(9-15-2)13(12)19-4/h7-8,15H,5-6,9H2,1-4H3. The molecular formula is C13H21ClN2O3S. The molecule has 0 radical (unpaired) electrons. The Labute approximate surface area is 125 Å². The van der Waals surface area contributed by atoms with E-state index in [2.05, 4.69) is 5.32 Å². The van der Waals surface area contributed by atoms with E-state index in [9.17, 15) is 8.42 Å². The highest BCUT2D eigenvalue weighted by Crippen LogP contribution is 2.33. The molecule has 0 fully saturated rings. The van der Waals surface area contributed by atoms with Crippen LogP contribution in [0.4, 0.5) is 0 Å². The van der Waals surface area contributed by atoms with Crippen molar-refractivity contribution in [3.63, 3.8) is 0 Å². The highest BCUT2D eigenvalue weighted by Gasteiger charge is 2.26. The molecule has 0 saturated carbocycles. The topological polar surface area (TPSA) is 58.6 Å². The molecule has 0 bridgehead atoms. The van der Waals surface area contributed by atoms with Gasteiger partial charge in [0, 0.05) is 30.7 Å². The Hall–Kier alpha value is -0.820.